The first kappa shape index (κ1) is 15.5. The maximum absolute atomic E-state index is 12.7. The average Bonchev–Trinajstić information content (AvgIpc) is 3.23. The summed E-state index contributed by atoms with van der Waals surface area (Å²) >= 11 is 0. The molecule has 22 heavy (non-hydrogen) atoms. The van der Waals surface area contributed by atoms with Crippen LogP contribution in [0, 0.1) is 6.92 Å². The molecule has 0 spiro atoms. The minimum Gasteiger partial charge on any atom is -0.349 e. The Morgan fingerprint density at radius 1 is 1.32 bits per heavy atom. The number of nitrogens with one attached hydrogen (secondary N) is 1. The standard InChI is InChI=1S/C19H28N2O/c1-15-7-6-8-16(13-15)14-19(10-11-19)20-18(22)17-9-4-3-5-12-21(17)2/h6-8,13,17H,3-5,9-12,14H2,1-2H3,(H,20,22). The van der Waals surface area contributed by atoms with Crippen molar-refractivity contribution < 1.29 is 4.79 Å². The van der Waals surface area contributed by atoms with Crippen molar-refractivity contribution in [2.24, 2.45) is 0 Å². The van der Waals surface area contributed by atoms with Crippen molar-refractivity contribution >= 4 is 5.91 Å². The molecule has 1 saturated carbocycles. The van der Waals surface area contributed by atoms with Gasteiger partial charge in [0.2, 0.25) is 5.91 Å². The third-order valence-corrected chi connectivity index (χ3v) is 5.19. The fourth-order valence-corrected chi connectivity index (χ4v) is 3.64. The number of carbonyl (C=O) groups is 1. The highest BCUT2D eigenvalue weighted by atomic mass is 16.2. The zero-order chi connectivity index (χ0) is 15.6. The Hall–Kier alpha value is -1.35. The van der Waals surface area contributed by atoms with Crippen molar-refractivity contribution in [3.05, 3.63) is 35.4 Å². The molecule has 2 aliphatic rings. The van der Waals surface area contributed by atoms with E-state index in [1.807, 2.05) is 0 Å². The van der Waals surface area contributed by atoms with Crippen molar-refractivity contribution in [2.75, 3.05) is 13.6 Å². The molecule has 2 fully saturated rings. The van der Waals surface area contributed by atoms with Crippen molar-refractivity contribution in [1.29, 1.82) is 0 Å². The maximum Gasteiger partial charge on any atom is 0.237 e. The fourth-order valence-electron chi connectivity index (χ4n) is 3.64. The fraction of sp³-hybridized carbons (Fsp3) is 0.632. The molecule has 1 heterocycles. The van der Waals surface area contributed by atoms with Crippen LogP contribution in [-0.4, -0.2) is 36.0 Å². The quantitative estimate of drug-likeness (QED) is 0.927. The monoisotopic (exact) mass is 300 g/mol. The number of nitrogens with zero attached hydrogens (tertiary/aromatic N) is 1. The lowest BCUT2D eigenvalue weighted by Gasteiger charge is -2.27. The van der Waals surface area contributed by atoms with Crippen LogP contribution in [0.1, 0.15) is 49.7 Å². The zero-order valence-corrected chi connectivity index (χ0v) is 13.9. The van der Waals surface area contributed by atoms with Gasteiger partial charge in [0.25, 0.3) is 0 Å². The SMILES string of the molecule is Cc1cccc(CC2(NC(=O)C3CCCCCN3C)CC2)c1. The lowest BCUT2D eigenvalue weighted by Crippen LogP contribution is -2.49. The molecule has 0 aromatic heterocycles. The Labute approximate surface area is 134 Å². The largest absolute Gasteiger partial charge is 0.349 e. The molecule has 3 heteroatoms. The van der Waals surface area contributed by atoms with E-state index in [9.17, 15) is 4.79 Å². The summed E-state index contributed by atoms with van der Waals surface area (Å²) in [6, 6.07) is 8.72. The summed E-state index contributed by atoms with van der Waals surface area (Å²) in [6.45, 7) is 3.17. The Morgan fingerprint density at radius 3 is 2.86 bits per heavy atom. The molecule has 1 aromatic carbocycles. The minimum atomic E-state index is 0.0258. The van der Waals surface area contributed by atoms with Crippen LogP contribution in [0.5, 0.6) is 0 Å². The molecule has 1 aromatic rings. The number of benzene rings is 1. The van der Waals surface area contributed by atoms with E-state index in [-0.39, 0.29) is 17.5 Å². The van der Waals surface area contributed by atoms with Gasteiger partial charge in [-0.3, -0.25) is 9.69 Å². The second-order valence-electron chi connectivity index (χ2n) is 7.28. The molecule has 1 amide bonds. The van der Waals surface area contributed by atoms with Crippen LogP contribution in [0.15, 0.2) is 24.3 Å². The van der Waals surface area contributed by atoms with Crippen molar-refractivity contribution in [2.45, 2.75) is 63.5 Å². The Kier molecular flexibility index (Phi) is 4.53. The van der Waals surface area contributed by atoms with Gasteiger partial charge in [-0.25, -0.2) is 0 Å². The molecule has 0 bridgehead atoms. The van der Waals surface area contributed by atoms with Crippen LogP contribution in [0.2, 0.25) is 0 Å². The number of likely N-dealkylation sites (tertiary alicyclic amines) is 1. The van der Waals surface area contributed by atoms with E-state index in [2.05, 4.69) is 48.5 Å². The van der Waals surface area contributed by atoms with Gasteiger partial charge < -0.3 is 5.32 Å². The van der Waals surface area contributed by atoms with Crippen molar-refractivity contribution in [3.8, 4) is 0 Å². The van der Waals surface area contributed by atoms with Gasteiger partial charge in [0.1, 0.15) is 0 Å². The number of carbonyl (C=O) groups excluding carboxylic acids is 1. The molecule has 1 unspecified atom stereocenters. The van der Waals surface area contributed by atoms with Gasteiger partial charge in [-0.05, 0) is 58.2 Å². The summed E-state index contributed by atoms with van der Waals surface area (Å²) in [5.74, 6) is 0.245. The molecule has 1 N–H and O–H groups in total. The Bertz CT molecular complexity index is 536. The Morgan fingerprint density at radius 2 is 2.14 bits per heavy atom. The van der Waals surface area contributed by atoms with Gasteiger partial charge >= 0.3 is 0 Å². The van der Waals surface area contributed by atoms with Gasteiger partial charge in [-0.2, -0.15) is 0 Å². The van der Waals surface area contributed by atoms with Crippen LogP contribution in [0.3, 0.4) is 0 Å². The van der Waals surface area contributed by atoms with Crippen molar-refractivity contribution in [3.63, 3.8) is 0 Å². The second-order valence-corrected chi connectivity index (χ2v) is 7.28. The number of hydrogen-bond donors (Lipinski definition) is 1. The molecular formula is C19H28N2O. The van der Waals surface area contributed by atoms with E-state index in [4.69, 9.17) is 0 Å². The molecule has 1 saturated heterocycles. The van der Waals surface area contributed by atoms with Crippen molar-refractivity contribution in [1.82, 2.24) is 10.2 Å². The predicted molar refractivity (Wildman–Crippen MR) is 89.9 cm³/mol. The molecule has 0 radical (unpaired) electrons. The van der Waals surface area contributed by atoms with Crippen LogP contribution < -0.4 is 5.32 Å². The van der Waals surface area contributed by atoms with Crippen LogP contribution >= 0.6 is 0 Å². The van der Waals surface area contributed by atoms with Gasteiger partial charge in [0, 0.05) is 5.54 Å². The van der Waals surface area contributed by atoms with E-state index in [1.165, 1.54) is 30.4 Å². The van der Waals surface area contributed by atoms with Gasteiger partial charge in [-0.1, -0.05) is 42.7 Å². The summed E-state index contributed by atoms with van der Waals surface area (Å²) in [6.07, 6.45) is 7.84. The van der Waals surface area contributed by atoms with Crippen LogP contribution in [-0.2, 0) is 11.2 Å². The highest BCUT2D eigenvalue weighted by Crippen LogP contribution is 2.39. The van der Waals surface area contributed by atoms with E-state index < -0.39 is 0 Å². The smallest absolute Gasteiger partial charge is 0.237 e. The topological polar surface area (TPSA) is 32.3 Å². The molecule has 120 valence electrons. The lowest BCUT2D eigenvalue weighted by molar-refractivity contribution is -0.127. The molecular weight excluding hydrogens is 272 g/mol. The summed E-state index contributed by atoms with van der Waals surface area (Å²) in [5.41, 5.74) is 2.66. The molecule has 3 nitrogen and oxygen atoms in total. The molecule has 3 rings (SSSR count). The Balaban J connectivity index is 1.63. The number of likely N-dealkylation sites (N-methyl/N-ethyl adjacent to an activating group) is 1. The second kappa shape index (κ2) is 6.41. The first-order chi connectivity index (χ1) is 10.6. The first-order valence-electron chi connectivity index (χ1n) is 8.66. The normalized spacial score (nSPS) is 24.5. The summed E-state index contributed by atoms with van der Waals surface area (Å²) in [5, 5.41) is 3.38. The highest BCUT2D eigenvalue weighted by molar-refractivity contribution is 5.83. The number of amides is 1. The number of aryl methyl sites for hydroxylation is 1. The summed E-state index contributed by atoms with van der Waals surface area (Å²) < 4.78 is 0. The predicted octanol–water partition coefficient (Wildman–Crippen LogP) is 3.06. The van der Waals surface area contributed by atoms with E-state index >= 15 is 0 Å². The van der Waals surface area contributed by atoms with Gasteiger partial charge in [-0.15, -0.1) is 0 Å². The van der Waals surface area contributed by atoms with Crippen LogP contribution in [0.4, 0.5) is 0 Å². The summed E-state index contributed by atoms with van der Waals surface area (Å²) in [4.78, 5) is 15.0. The molecule has 1 aliphatic heterocycles. The molecule has 1 aliphatic carbocycles. The average molecular weight is 300 g/mol. The van der Waals surface area contributed by atoms with Crippen LogP contribution in [0.25, 0.3) is 0 Å². The third kappa shape index (κ3) is 3.70. The minimum absolute atomic E-state index is 0.0258. The summed E-state index contributed by atoms with van der Waals surface area (Å²) in [7, 11) is 2.09. The zero-order valence-electron chi connectivity index (χ0n) is 13.9. The van der Waals surface area contributed by atoms with E-state index in [0.717, 1.165) is 32.2 Å². The highest BCUT2D eigenvalue weighted by Gasteiger charge is 2.45. The van der Waals surface area contributed by atoms with E-state index in [1.54, 1.807) is 0 Å². The van der Waals surface area contributed by atoms with Gasteiger partial charge in [0.05, 0.1) is 6.04 Å². The first-order valence-corrected chi connectivity index (χ1v) is 8.66. The maximum atomic E-state index is 12.7. The van der Waals surface area contributed by atoms with E-state index in [0.29, 0.717) is 0 Å². The van der Waals surface area contributed by atoms with Gasteiger partial charge in [0.15, 0.2) is 0 Å². The number of rotatable bonds is 4. The molecule has 1 atom stereocenters. The lowest BCUT2D eigenvalue weighted by atomic mass is 10.0. The third-order valence-electron chi connectivity index (χ3n) is 5.19. The number of hydrogen-bond acceptors (Lipinski definition) is 2.